The fourth-order valence-electron chi connectivity index (χ4n) is 2.48. The third-order valence-corrected chi connectivity index (χ3v) is 4.66. The maximum Gasteiger partial charge on any atom is 0.223 e. The van der Waals surface area contributed by atoms with Crippen molar-refractivity contribution in [2.75, 3.05) is 39.6 Å². The van der Waals surface area contributed by atoms with Crippen LogP contribution in [0.1, 0.15) is 13.3 Å². The number of halogens is 1. The second-order valence-electron chi connectivity index (χ2n) is 5.31. The quantitative estimate of drug-likeness (QED) is 0.789. The van der Waals surface area contributed by atoms with Crippen molar-refractivity contribution < 1.29 is 14.3 Å². The Hall–Kier alpha value is -1.11. The standard InChI is InChI=1S/C16H24N2O3S.ClH/c1-12-11-18(8-7-17-12)16(19)6-9-22-13-4-5-14(20-2)15(10-13)21-3;/h4-5,10,12,17H,6-9,11H2,1-3H3;1H. The normalized spacial score (nSPS) is 17.3. The molecule has 0 spiro atoms. The van der Waals surface area contributed by atoms with E-state index in [1.54, 1.807) is 26.0 Å². The fourth-order valence-corrected chi connectivity index (χ4v) is 3.35. The third kappa shape index (κ3) is 5.79. The van der Waals surface area contributed by atoms with E-state index in [9.17, 15) is 4.79 Å². The second kappa shape index (κ2) is 9.90. The first-order chi connectivity index (χ1) is 10.6. The molecule has 23 heavy (non-hydrogen) atoms. The van der Waals surface area contributed by atoms with Crippen LogP contribution in [0.25, 0.3) is 0 Å². The summed E-state index contributed by atoms with van der Waals surface area (Å²) in [7, 11) is 3.25. The van der Waals surface area contributed by atoms with Crippen molar-refractivity contribution in [3.05, 3.63) is 18.2 Å². The molecule has 1 saturated heterocycles. The molecule has 0 bridgehead atoms. The predicted octanol–water partition coefficient (Wildman–Crippen LogP) is 2.43. The van der Waals surface area contributed by atoms with Crippen molar-refractivity contribution in [2.45, 2.75) is 24.3 Å². The van der Waals surface area contributed by atoms with Gasteiger partial charge in [-0.25, -0.2) is 0 Å². The highest BCUT2D eigenvalue weighted by molar-refractivity contribution is 7.99. The zero-order valence-corrected chi connectivity index (χ0v) is 15.5. The Bertz CT molecular complexity index is 516. The maximum atomic E-state index is 12.2. The van der Waals surface area contributed by atoms with Crippen molar-refractivity contribution in [1.82, 2.24) is 10.2 Å². The van der Waals surface area contributed by atoms with Crippen molar-refractivity contribution in [1.29, 1.82) is 0 Å². The first kappa shape index (κ1) is 19.9. The van der Waals surface area contributed by atoms with E-state index in [2.05, 4.69) is 12.2 Å². The van der Waals surface area contributed by atoms with E-state index in [-0.39, 0.29) is 18.3 Å². The maximum absolute atomic E-state index is 12.2. The van der Waals surface area contributed by atoms with Gasteiger partial charge in [0.1, 0.15) is 0 Å². The van der Waals surface area contributed by atoms with Gasteiger partial charge in [-0.3, -0.25) is 4.79 Å². The third-order valence-electron chi connectivity index (χ3n) is 3.66. The number of hydrogen-bond acceptors (Lipinski definition) is 5. The van der Waals surface area contributed by atoms with Gasteiger partial charge in [0.15, 0.2) is 11.5 Å². The summed E-state index contributed by atoms with van der Waals surface area (Å²) in [6.07, 6.45) is 0.561. The first-order valence-electron chi connectivity index (χ1n) is 7.50. The molecule has 1 aromatic rings. The highest BCUT2D eigenvalue weighted by atomic mass is 35.5. The monoisotopic (exact) mass is 360 g/mol. The fraction of sp³-hybridized carbons (Fsp3) is 0.562. The molecule has 0 aromatic heterocycles. The van der Waals surface area contributed by atoms with Gasteiger partial charge in [-0.15, -0.1) is 24.2 Å². The highest BCUT2D eigenvalue weighted by Crippen LogP contribution is 2.32. The van der Waals surface area contributed by atoms with E-state index in [4.69, 9.17) is 9.47 Å². The molecule has 1 aliphatic heterocycles. The molecule has 130 valence electrons. The number of thioether (sulfide) groups is 1. The number of amides is 1. The molecule has 1 heterocycles. The molecule has 1 amide bonds. The summed E-state index contributed by atoms with van der Waals surface area (Å²) in [6.45, 7) is 4.61. The molecule has 7 heteroatoms. The Morgan fingerprint density at radius 1 is 1.35 bits per heavy atom. The molecular weight excluding hydrogens is 336 g/mol. The number of benzene rings is 1. The molecule has 2 rings (SSSR count). The average molecular weight is 361 g/mol. The van der Waals surface area contributed by atoms with E-state index >= 15 is 0 Å². The lowest BCUT2D eigenvalue weighted by Crippen LogP contribution is -2.51. The molecule has 1 aliphatic rings. The Morgan fingerprint density at radius 2 is 2.09 bits per heavy atom. The minimum atomic E-state index is 0. The number of hydrogen-bond donors (Lipinski definition) is 1. The van der Waals surface area contributed by atoms with Crippen LogP contribution in [0.3, 0.4) is 0 Å². The smallest absolute Gasteiger partial charge is 0.223 e. The molecular formula is C16H25ClN2O3S. The largest absolute Gasteiger partial charge is 0.493 e. The molecule has 0 aliphatic carbocycles. The van der Waals surface area contributed by atoms with Gasteiger partial charge in [0.2, 0.25) is 5.91 Å². The van der Waals surface area contributed by atoms with Crippen LogP contribution in [0, 0.1) is 0 Å². The van der Waals surface area contributed by atoms with Crippen LogP contribution in [0.5, 0.6) is 11.5 Å². The van der Waals surface area contributed by atoms with Gasteiger partial charge in [0.25, 0.3) is 0 Å². The van der Waals surface area contributed by atoms with Gasteiger partial charge < -0.3 is 19.7 Å². The summed E-state index contributed by atoms with van der Waals surface area (Å²) in [5, 5.41) is 3.35. The van der Waals surface area contributed by atoms with Crippen molar-refractivity contribution in [3.63, 3.8) is 0 Å². The lowest BCUT2D eigenvalue weighted by Gasteiger charge is -2.32. The average Bonchev–Trinajstić information content (AvgIpc) is 2.54. The number of nitrogens with zero attached hydrogens (tertiary/aromatic N) is 1. The molecule has 1 aromatic carbocycles. The van der Waals surface area contributed by atoms with Crippen LogP contribution in [-0.2, 0) is 4.79 Å². The topological polar surface area (TPSA) is 50.8 Å². The summed E-state index contributed by atoms with van der Waals surface area (Å²) in [5.41, 5.74) is 0. The zero-order valence-electron chi connectivity index (χ0n) is 13.8. The Morgan fingerprint density at radius 3 is 2.74 bits per heavy atom. The van der Waals surface area contributed by atoms with Gasteiger partial charge in [0.05, 0.1) is 14.2 Å². The number of ether oxygens (including phenoxy) is 2. The van der Waals surface area contributed by atoms with Gasteiger partial charge in [0, 0.05) is 42.7 Å². The Kier molecular flexibility index (Phi) is 8.58. The number of nitrogens with one attached hydrogen (secondary N) is 1. The van der Waals surface area contributed by atoms with Crippen LogP contribution in [-0.4, -0.2) is 56.5 Å². The number of methoxy groups -OCH3 is 2. The molecule has 1 N–H and O–H groups in total. The number of piperazine rings is 1. The lowest BCUT2D eigenvalue weighted by molar-refractivity contribution is -0.131. The lowest BCUT2D eigenvalue weighted by atomic mass is 10.2. The van der Waals surface area contributed by atoms with E-state index in [1.165, 1.54) is 0 Å². The van der Waals surface area contributed by atoms with Crippen LogP contribution in [0.15, 0.2) is 23.1 Å². The molecule has 1 fully saturated rings. The van der Waals surface area contributed by atoms with Crippen molar-refractivity contribution in [3.8, 4) is 11.5 Å². The van der Waals surface area contributed by atoms with Gasteiger partial charge in [-0.1, -0.05) is 0 Å². The minimum Gasteiger partial charge on any atom is -0.493 e. The molecule has 1 atom stereocenters. The summed E-state index contributed by atoms with van der Waals surface area (Å²) in [6, 6.07) is 6.21. The van der Waals surface area contributed by atoms with E-state index < -0.39 is 0 Å². The second-order valence-corrected chi connectivity index (χ2v) is 6.48. The molecule has 0 radical (unpaired) electrons. The minimum absolute atomic E-state index is 0. The highest BCUT2D eigenvalue weighted by Gasteiger charge is 2.19. The van der Waals surface area contributed by atoms with Crippen molar-refractivity contribution in [2.24, 2.45) is 0 Å². The summed E-state index contributed by atoms with van der Waals surface area (Å²) < 4.78 is 10.5. The SMILES string of the molecule is COc1ccc(SCCC(=O)N2CCNC(C)C2)cc1OC.Cl. The van der Waals surface area contributed by atoms with Crippen LogP contribution >= 0.6 is 24.2 Å². The van der Waals surface area contributed by atoms with E-state index in [0.29, 0.717) is 12.5 Å². The summed E-state index contributed by atoms with van der Waals surface area (Å²) >= 11 is 1.66. The van der Waals surface area contributed by atoms with Crippen molar-refractivity contribution >= 4 is 30.1 Å². The van der Waals surface area contributed by atoms with Gasteiger partial charge in [-0.05, 0) is 25.1 Å². The number of carbonyl (C=O) groups excluding carboxylic acids is 1. The summed E-state index contributed by atoms with van der Waals surface area (Å²) in [4.78, 5) is 15.2. The molecule has 5 nitrogen and oxygen atoms in total. The Labute approximate surface area is 148 Å². The first-order valence-corrected chi connectivity index (χ1v) is 8.48. The van der Waals surface area contributed by atoms with E-state index in [1.807, 2.05) is 23.1 Å². The number of carbonyl (C=O) groups is 1. The predicted molar refractivity (Wildman–Crippen MR) is 96.2 cm³/mol. The van der Waals surface area contributed by atoms with Crippen LogP contribution < -0.4 is 14.8 Å². The van der Waals surface area contributed by atoms with E-state index in [0.717, 1.165) is 41.8 Å². The molecule has 0 saturated carbocycles. The Balaban J connectivity index is 0.00000264. The molecule has 1 unspecified atom stereocenters. The van der Waals surface area contributed by atoms with Crippen LogP contribution in [0.4, 0.5) is 0 Å². The van der Waals surface area contributed by atoms with Crippen LogP contribution in [0.2, 0.25) is 0 Å². The zero-order chi connectivity index (χ0) is 15.9. The summed E-state index contributed by atoms with van der Waals surface area (Å²) in [5.74, 6) is 2.45. The number of rotatable bonds is 6. The van der Waals surface area contributed by atoms with Gasteiger partial charge >= 0.3 is 0 Å². The van der Waals surface area contributed by atoms with Gasteiger partial charge in [-0.2, -0.15) is 0 Å².